The molecular weight excluding hydrogens is 386 g/mol. The predicted octanol–water partition coefficient (Wildman–Crippen LogP) is 1.14. The van der Waals surface area contributed by atoms with Gasteiger partial charge in [-0.05, 0) is 37.6 Å². The van der Waals surface area contributed by atoms with E-state index in [4.69, 9.17) is 5.73 Å². The highest BCUT2D eigenvalue weighted by Crippen LogP contribution is 2.25. The monoisotopic (exact) mass is 413 g/mol. The highest BCUT2D eigenvalue weighted by molar-refractivity contribution is 5.94. The highest BCUT2D eigenvalue weighted by Gasteiger charge is 2.29. The quantitative estimate of drug-likeness (QED) is 0.408. The second-order valence-electron chi connectivity index (χ2n) is 7.32. The first kappa shape index (κ1) is 21.2. The summed E-state index contributed by atoms with van der Waals surface area (Å²) in [6.07, 6.45) is 2.56. The van der Waals surface area contributed by atoms with Crippen LogP contribution in [0.25, 0.3) is 0 Å². The number of nitrogens with one attached hydrogen (secondary N) is 4. The van der Waals surface area contributed by atoms with Crippen molar-refractivity contribution in [1.29, 1.82) is 0 Å². The Morgan fingerprint density at radius 3 is 2.80 bits per heavy atom. The van der Waals surface area contributed by atoms with Crippen LogP contribution in [0.15, 0.2) is 29.1 Å². The van der Waals surface area contributed by atoms with Crippen LogP contribution in [0.1, 0.15) is 37.0 Å². The second kappa shape index (κ2) is 9.29. The van der Waals surface area contributed by atoms with Gasteiger partial charge < -0.3 is 26.6 Å². The molecule has 0 aliphatic carbocycles. The highest BCUT2D eigenvalue weighted by atomic mass is 16.2. The minimum atomic E-state index is -0.477. The fourth-order valence-electron chi connectivity index (χ4n) is 3.44. The number of nitrogens with zero attached hydrogens (tertiary/aromatic N) is 2. The molecule has 10 nitrogen and oxygen atoms in total. The van der Waals surface area contributed by atoms with Gasteiger partial charge in [0.2, 0.25) is 12.4 Å². The first-order chi connectivity index (χ1) is 14.4. The van der Waals surface area contributed by atoms with E-state index in [1.807, 2.05) is 19.1 Å². The van der Waals surface area contributed by atoms with E-state index in [0.29, 0.717) is 25.1 Å². The Hall–Kier alpha value is -3.56. The summed E-state index contributed by atoms with van der Waals surface area (Å²) in [4.78, 5) is 43.9. The van der Waals surface area contributed by atoms with Crippen LogP contribution in [0.4, 0.5) is 23.1 Å². The topological polar surface area (TPSA) is 145 Å². The Morgan fingerprint density at radius 2 is 2.13 bits per heavy atom. The van der Waals surface area contributed by atoms with E-state index in [0.717, 1.165) is 18.5 Å². The van der Waals surface area contributed by atoms with Gasteiger partial charge in [-0.25, -0.2) is 0 Å². The molecule has 2 amide bonds. The van der Waals surface area contributed by atoms with Crippen molar-refractivity contribution in [3.63, 3.8) is 0 Å². The molecule has 0 bridgehead atoms. The molecule has 6 N–H and O–H groups in total. The third kappa shape index (κ3) is 4.70. The zero-order chi connectivity index (χ0) is 21.7. The summed E-state index contributed by atoms with van der Waals surface area (Å²) < 4.78 is 0. The van der Waals surface area contributed by atoms with Gasteiger partial charge in [-0.2, -0.15) is 4.98 Å². The fraction of sp³-hybridized carbons (Fsp3) is 0.400. The molecule has 0 saturated carbocycles. The van der Waals surface area contributed by atoms with Gasteiger partial charge in [0, 0.05) is 30.4 Å². The maximum Gasteiger partial charge on any atom is 0.278 e. The molecule has 1 aliphatic heterocycles. The number of anilines is 4. The molecule has 1 unspecified atom stereocenters. The molecular formula is C20H27N7O3. The van der Waals surface area contributed by atoms with Gasteiger partial charge in [0.05, 0.1) is 6.04 Å². The van der Waals surface area contributed by atoms with Crippen LogP contribution >= 0.6 is 0 Å². The number of hydrogen-bond acceptors (Lipinski definition) is 7. The van der Waals surface area contributed by atoms with Crippen LogP contribution in [-0.4, -0.2) is 47.5 Å². The van der Waals surface area contributed by atoms with Gasteiger partial charge in [0.1, 0.15) is 0 Å². The molecule has 0 radical (unpaired) electrons. The third-order valence-corrected chi connectivity index (χ3v) is 4.97. The lowest BCUT2D eigenvalue weighted by Gasteiger charge is -2.34. The first-order valence-electron chi connectivity index (χ1n) is 9.95. The molecule has 2 atom stereocenters. The minimum Gasteiger partial charge on any atom is -0.383 e. The summed E-state index contributed by atoms with van der Waals surface area (Å²) in [5.41, 5.74) is 6.61. The largest absolute Gasteiger partial charge is 0.383 e. The summed E-state index contributed by atoms with van der Waals surface area (Å²) in [5.74, 6) is 0.169. The maximum absolute atomic E-state index is 12.3. The summed E-state index contributed by atoms with van der Waals surface area (Å²) in [7, 11) is 0. The summed E-state index contributed by atoms with van der Waals surface area (Å²) in [5, 5.41) is 9.25. The predicted molar refractivity (Wildman–Crippen MR) is 117 cm³/mol. The number of benzene rings is 1. The molecule has 0 spiro atoms. The number of carbonyl (C=O) groups is 2. The number of nitrogen functional groups attached to an aromatic ring is 1. The van der Waals surface area contributed by atoms with E-state index < -0.39 is 5.56 Å². The van der Waals surface area contributed by atoms with Gasteiger partial charge in [0.25, 0.3) is 11.5 Å². The molecule has 0 saturated heterocycles. The van der Waals surface area contributed by atoms with Crippen LogP contribution < -0.4 is 32.1 Å². The first-order valence-corrected chi connectivity index (χ1v) is 9.95. The normalized spacial score (nSPS) is 16.2. The van der Waals surface area contributed by atoms with Crippen molar-refractivity contribution in [2.75, 3.05) is 34.4 Å². The van der Waals surface area contributed by atoms with Crippen molar-refractivity contribution in [3.8, 4) is 0 Å². The zero-order valence-corrected chi connectivity index (χ0v) is 17.1. The lowest BCUT2D eigenvalue weighted by Crippen LogP contribution is -2.50. The second-order valence-corrected chi connectivity index (χ2v) is 7.32. The van der Waals surface area contributed by atoms with Crippen LogP contribution in [0.5, 0.6) is 0 Å². The average Bonchev–Trinajstić information content (AvgIpc) is 2.72. The lowest BCUT2D eigenvalue weighted by molar-refractivity contribution is -0.107. The molecule has 10 heteroatoms. The maximum atomic E-state index is 12.3. The van der Waals surface area contributed by atoms with Crippen molar-refractivity contribution >= 4 is 35.5 Å². The van der Waals surface area contributed by atoms with Crippen molar-refractivity contribution in [2.45, 2.75) is 38.8 Å². The molecule has 2 aromatic rings. The Balaban J connectivity index is 1.63. The van der Waals surface area contributed by atoms with Gasteiger partial charge in [-0.1, -0.05) is 13.3 Å². The smallest absolute Gasteiger partial charge is 0.278 e. The van der Waals surface area contributed by atoms with E-state index >= 15 is 0 Å². The van der Waals surface area contributed by atoms with Crippen molar-refractivity contribution in [1.82, 2.24) is 15.3 Å². The molecule has 0 fully saturated rings. The van der Waals surface area contributed by atoms with E-state index in [9.17, 15) is 14.4 Å². The summed E-state index contributed by atoms with van der Waals surface area (Å²) in [6.45, 7) is 4.87. The zero-order valence-electron chi connectivity index (χ0n) is 17.1. The standard InChI is InChI=1S/C20H27N7O3/c1-3-4-12(2)24-18(29)13-5-7-14(8-6-13)22-9-15-10-23-17-16(27(15)11-28)19(30)26-20(21)25-17/h5-8,11-12,15,22H,3-4,9-10H2,1-2H3,(H,24,29)(H4,21,23,25,26,30)/t12-,15?/m0/s1. The molecule has 30 heavy (non-hydrogen) atoms. The number of aromatic amines is 1. The number of aromatic nitrogens is 2. The van der Waals surface area contributed by atoms with E-state index in [1.54, 1.807) is 12.1 Å². The van der Waals surface area contributed by atoms with Gasteiger partial charge in [-0.3, -0.25) is 19.4 Å². The SMILES string of the molecule is CCC[C@H](C)NC(=O)c1ccc(NCC2CNc3nc(N)[nH]c(=O)c3N2C=O)cc1. The van der Waals surface area contributed by atoms with Crippen LogP contribution in [0, 0.1) is 0 Å². The van der Waals surface area contributed by atoms with Gasteiger partial charge >= 0.3 is 0 Å². The number of fused-ring (bicyclic) bond motifs is 1. The van der Waals surface area contributed by atoms with Crippen LogP contribution in [-0.2, 0) is 4.79 Å². The van der Waals surface area contributed by atoms with Gasteiger partial charge in [-0.15, -0.1) is 0 Å². The van der Waals surface area contributed by atoms with E-state index in [-0.39, 0.29) is 35.4 Å². The Bertz CT molecular complexity index is 958. The fourth-order valence-corrected chi connectivity index (χ4v) is 3.44. The number of rotatable bonds is 8. The van der Waals surface area contributed by atoms with Crippen molar-refractivity contribution in [2.24, 2.45) is 0 Å². The number of hydrogen-bond donors (Lipinski definition) is 5. The molecule has 3 rings (SSSR count). The van der Waals surface area contributed by atoms with Crippen LogP contribution in [0.3, 0.4) is 0 Å². The van der Waals surface area contributed by atoms with Gasteiger partial charge in [0.15, 0.2) is 11.5 Å². The molecule has 160 valence electrons. The summed E-state index contributed by atoms with van der Waals surface area (Å²) >= 11 is 0. The Morgan fingerprint density at radius 1 is 1.40 bits per heavy atom. The molecule has 1 aromatic heterocycles. The minimum absolute atomic E-state index is 0.0121. The molecule has 1 aromatic carbocycles. The lowest BCUT2D eigenvalue weighted by atomic mass is 10.1. The Kier molecular flexibility index (Phi) is 6.55. The number of carbonyl (C=O) groups excluding carboxylic acids is 2. The van der Waals surface area contributed by atoms with E-state index in [2.05, 4.69) is 32.8 Å². The average molecular weight is 413 g/mol. The van der Waals surface area contributed by atoms with Crippen molar-refractivity contribution in [3.05, 3.63) is 40.2 Å². The van der Waals surface area contributed by atoms with Crippen LogP contribution in [0.2, 0.25) is 0 Å². The van der Waals surface area contributed by atoms with E-state index in [1.165, 1.54) is 4.90 Å². The molecule has 2 heterocycles. The number of amides is 2. The third-order valence-electron chi connectivity index (χ3n) is 4.97. The summed E-state index contributed by atoms with van der Waals surface area (Å²) in [6, 6.07) is 6.94. The van der Waals surface area contributed by atoms with Crippen molar-refractivity contribution < 1.29 is 9.59 Å². The number of H-pyrrole nitrogens is 1. The molecule has 1 aliphatic rings. The number of nitrogens with two attached hydrogens (primary N) is 1. The Labute approximate surface area is 174 Å².